The molecule has 7 heteroatoms. The molecule has 2 aliphatic rings. The monoisotopic (exact) mass is 364 g/mol. The second-order valence-corrected chi connectivity index (χ2v) is 6.38. The third-order valence-corrected chi connectivity index (χ3v) is 4.84. The molecule has 3 aromatic rings. The molecule has 0 radical (unpaired) electrons. The van der Waals surface area contributed by atoms with Crippen LogP contribution in [0, 0.1) is 0 Å². The van der Waals surface area contributed by atoms with Crippen LogP contribution in [0.15, 0.2) is 40.9 Å². The number of ether oxygens (including phenoxy) is 3. The van der Waals surface area contributed by atoms with Crippen molar-refractivity contribution in [3.05, 3.63) is 53.2 Å². The number of amides is 1. The van der Waals surface area contributed by atoms with Crippen LogP contribution in [0.2, 0.25) is 0 Å². The molecule has 2 aromatic carbocycles. The lowest BCUT2D eigenvalue weighted by molar-refractivity contribution is 0.101. The van der Waals surface area contributed by atoms with Gasteiger partial charge in [-0.15, -0.1) is 0 Å². The highest BCUT2D eigenvalue weighted by molar-refractivity contribution is 6.05. The lowest BCUT2D eigenvalue weighted by Crippen LogP contribution is -2.15. The molecule has 1 aromatic heterocycles. The van der Waals surface area contributed by atoms with Crippen molar-refractivity contribution in [1.29, 1.82) is 0 Å². The summed E-state index contributed by atoms with van der Waals surface area (Å²) < 4.78 is 21.4. The number of carbonyl (C=O) groups excluding carboxylic acids is 1. The number of aromatic nitrogens is 1. The summed E-state index contributed by atoms with van der Waals surface area (Å²) in [7, 11) is 1.64. The Bertz CT molecular complexity index is 1060. The van der Waals surface area contributed by atoms with Gasteiger partial charge in [-0.1, -0.05) is 5.16 Å². The quantitative estimate of drug-likeness (QED) is 0.767. The summed E-state index contributed by atoms with van der Waals surface area (Å²) >= 11 is 0. The number of methoxy groups -OCH3 is 1. The highest BCUT2D eigenvalue weighted by Crippen LogP contribution is 2.38. The van der Waals surface area contributed by atoms with Crippen molar-refractivity contribution in [3.8, 4) is 28.6 Å². The zero-order valence-electron chi connectivity index (χ0n) is 14.6. The number of anilines is 1. The fourth-order valence-corrected chi connectivity index (χ4v) is 3.48. The largest absolute Gasteiger partial charge is 0.497 e. The molecule has 0 saturated heterocycles. The zero-order valence-corrected chi connectivity index (χ0v) is 14.6. The van der Waals surface area contributed by atoms with E-state index < -0.39 is 0 Å². The third-order valence-electron chi connectivity index (χ3n) is 4.84. The Morgan fingerprint density at radius 3 is 2.89 bits per heavy atom. The number of nitrogens with one attached hydrogen (secondary N) is 1. The molecule has 1 N–H and O–H groups in total. The van der Waals surface area contributed by atoms with Crippen LogP contribution >= 0.6 is 0 Å². The predicted octanol–water partition coefficient (Wildman–Crippen LogP) is 3.43. The summed E-state index contributed by atoms with van der Waals surface area (Å²) in [6, 6.07) is 11.1. The highest BCUT2D eigenvalue weighted by Gasteiger charge is 2.28. The standard InChI is InChI=1S/C20H16N2O5/c1-24-13-4-6-14-11(8-13)2-5-15-18(22-27-19(14)15)20(23)21-12-3-7-16-17(9-12)26-10-25-16/h3-4,6-9H,2,5,10H2,1H3,(H,21,23). The number of carbonyl (C=O) groups is 1. The average molecular weight is 364 g/mol. The molecule has 27 heavy (non-hydrogen) atoms. The molecule has 1 aliphatic carbocycles. The van der Waals surface area contributed by atoms with E-state index in [0.717, 1.165) is 28.9 Å². The van der Waals surface area contributed by atoms with Crippen molar-refractivity contribution in [1.82, 2.24) is 5.16 Å². The molecule has 0 fully saturated rings. The van der Waals surface area contributed by atoms with Gasteiger partial charge in [-0.2, -0.15) is 0 Å². The van der Waals surface area contributed by atoms with Gasteiger partial charge >= 0.3 is 0 Å². The molecule has 0 bridgehead atoms. The van der Waals surface area contributed by atoms with Crippen LogP contribution in [-0.2, 0) is 12.8 Å². The van der Waals surface area contributed by atoms with Gasteiger partial charge in [0.2, 0.25) is 6.79 Å². The van der Waals surface area contributed by atoms with Crippen molar-refractivity contribution in [2.24, 2.45) is 0 Å². The van der Waals surface area contributed by atoms with E-state index in [1.807, 2.05) is 18.2 Å². The van der Waals surface area contributed by atoms with E-state index in [-0.39, 0.29) is 12.7 Å². The van der Waals surface area contributed by atoms with Crippen LogP contribution in [-0.4, -0.2) is 25.0 Å². The third kappa shape index (κ3) is 2.59. The molecule has 0 unspecified atom stereocenters. The summed E-state index contributed by atoms with van der Waals surface area (Å²) in [6.45, 7) is 0.188. The molecule has 0 saturated carbocycles. The minimum Gasteiger partial charge on any atom is -0.497 e. The minimum absolute atomic E-state index is 0.188. The Kier molecular flexibility index (Phi) is 3.53. The van der Waals surface area contributed by atoms with Crippen LogP contribution in [0.25, 0.3) is 11.3 Å². The van der Waals surface area contributed by atoms with Gasteiger partial charge in [-0.25, -0.2) is 0 Å². The summed E-state index contributed by atoms with van der Waals surface area (Å²) in [5.74, 6) is 2.42. The van der Waals surface area contributed by atoms with Crippen LogP contribution < -0.4 is 19.5 Å². The van der Waals surface area contributed by atoms with Crippen LogP contribution in [0.4, 0.5) is 5.69 Å². The highest BCUT2D eigenvalue weighted by atomic mass is 16.7. The number of hydrogen-bond acceptors (Lipinski definition) is 6. The maximum atomic E-state index is 12.7. The molecule has 5 rings (SSSR count). The first-order valence-corrected chi connectivity index (χ1v) is 8.60. The fraction of sp³-hybridized carbons (Fsp3) is 0.200. The zero-order chi connectivity index (χ0) is 18.4. The van der Waals surface area contributed by atoms with Crippen molar-refractivity contribution in [2.75, 3.05) is 19.2 Å². The molecular weight excluding hydrogens is 348 g/mol. The molecule has 2 heterocycles. The Morgan fingerprint density at radius 2 is 2.00 bits per heavy atom. The topological polar surface area (TPSA) is 82.8 Å². The normalized spacial score (nSPS) is 13.7. The summed E-state index contributed by atoms with van der Waals surface area (Å²) in [5, 5.41) is 6.88. The lowest BCUT2D eigenvalue weighted by Gasteiger charge is -2.15. The number of nitrogens with zero attached hydrogens (tertiary/aromatic N) is 1. The number of aryl methyl sites for hydroxylation is 1. The van der Waals surface area contributed by atoms with Crippen molar-refractivity contribution >= 4 is 11.6 Å². The number of benzene rings is 2. The number of fused-ring (bicyclic) bond motifs is 4. The Balaban J connectivity index is 1.44. The van der Waals surface area contributed by atoms with Crippen molar-refractivity contribution in [3.63, 3.8) is 0 Å². The van der Waals surface area contributed by atoms with E-state index in [2.05, 4.69) is 10.5 Å². The second kappa shape index (κ2) is 6.05. The molecule has 1 amide bonds. The Morgan fingerprint density at radius 1 is 1.11 bits per heavy atom. The molecule has 1 aliphatic heterocycles. The average Bonchev–Trinajstić information content (AvgIpc) is 3.33. The van der Waals surface area contributed by atoms with E-state index in [1.165, 1.54) is 0 Å². The number of hydrogen-bond donors (Lipinski definition) is 1. The maximum Gasteiger partial charge on any atom is 0.278 e. The van der Waals surface area contributed by atoms with Gasteiger partial charge < -0.3 is 24.1 Å². The van der Waals surface area contributed by atoms with Crippen LogP contribution in [0.1, 0.15) is 21.6 Å². The van der Waals surface area contributed by atoms with Gasteiger partial charge in [0, 0.05) is 22.9 Å². The second-order valence-electron chi connectivity index (χ2n) is 6.38. The van der Waals surface area contributed by atoms with E-state index in [4.69, 9.17) is 18.7 Å². The maximum absolute atomic E-state index is 12.7. The van der Waals surface area contributed by atoms with Crippen LogP contribution in [0.3, 0.4) is 0 Å². The van der Waals surface area contributed by atoms with Gasteiger partial charge in [0.15, 0.2) is 23.0 Å². The fourth-order valence-electron chi connectivity index (χ4n) is 3.48. The minimum atomic E-state index is -0.309. The molecule has 136 valence electrons. The predicted molar refractivity (Wildman–Crippen MR) is 96.4 cm³/mol. The van der Waals surface area contributed by atoms with Gasteiger partial charge in [0.25, 0.3) is 5.91 Å². The molecule has 0 spiro atoms. The summed E-state index contributed by atoms with van der Waals surface area (Å²) in [4.78, 5) is 12.7. The first kappa shape index (κ1) is 15.7. The van der Waals surface area contributed by atoms with Gasteiger partial charge in [0.1, 0.15) is 5.75 Å². The molecular formula is C20H16N2O5. The van der Waals surface area contributed by atoms with E-state index in [9.17, 15) is 4.79 Å². The van der Waals surface area contributed by atoms with Crippen molar-refractivity contribution < 1.29 is 23.5 Å². The first-order chi connectivity index (χ1) is 13.2. The van der Waals surface area contributed by atoms with Gasteiger partial charge in [-0.05, 0) is 48.7 Å². The van der Waals surface area contributed by atoms with E-state index in [1.54, 1.807) is 25.3 Å². The van der Waals surface area contributed by atoms with Gasteiger partial charge in [0.05, 0.1) is 7.11 Å². The Hall–Kier alpha value is -3.48. The Labute approximate surface area is 154 Å². The number of rotatable bonds is 3. The van der Waals surface area contributed by atoms with Gasteiger partial charge in [-0.3, -0.25) is 4.79 Å². The van der Waals surface area contributed by atoms with Crippen molar-refractivity contribution in [2.45, 2.75) is 12.8 Å². The smallest absolute Gasteiger partial charge is 0.278 e. The van der Waals surface area contributed by atoms with Crippen LogP contribution in [0.5, 0.6) is 17.2 Å². The first-order valence-electron chi connectivity index (χ1n) is 8.60. The SMILES string of the molecule is COc1ccc2c(c1)CCc1c(C(=O)Nc3ccc4c(c3)OCO4)noc1-2. The molecule has 7 nitrogen and oxygen atoms in total. The lowest BCUT2D eigenvalue weighted by atomic mass is 9.89. The summed E-state index contributed by atoms with van der Waals surface area (Å²) in [5.41, 5.74) is 3.82. The van der Waals surface area contributed by atoms with E-state index in [0.29, 0.717) is 35.1 Å². The summed E-state index contributed by atoms with van der Waals surface area (Å²) in [6.07, 6.45) is 1.48. The molecule has 0 atom stereocenters. The van der Waals surface area contributed by atoms with E-state index >= 15 is 0 Å².